The van der Waals surface area contributed by atoms with Gasteiger partial charge in [-0.05, 0) is 49.7 Å². The van der Waals surface area contributed by atoms with Crippen LogP contribution >= 0.6 is 0 Å². The highest BCUT2D eigenvalue weighted by Gasteiger charge is 2.13. The molecule has 9 heteroatoms. The van der Waals surface area contributed by atoms with Gasteiger partial charge in [0.15, 0.2) is 0 Å². The number of non-ortho nitro benzene ring substituents is 1. The summed E-state index contributed by atoms with van der Waals surface area (Å²) in [5.74, 6) is 0.828. The van der Waals surface area contributed by atoms with Crippen molar-refractivity contribution in [3.63, 3.8) is 0 Å². The highest BCUT2D eigenvalue weighted by atomic mass is 32.2. The molecule has 8 nitrogen and oxygen atoms in total. The Morgan fingerprint density at radius 1 is 1.07 bits per heavy atom. The van der Waals surface area contributed by atoms with Crippen LogP contribution in [-0.2, 0) is 10.0 Å². The number of nitro benzene ring substituents is 1. The Kier molecular flexibility index (Phi) is 5.27. The van der Waals surface area contributed by atoms with E-state index in [0.717, 1.165) is 5.56 Å². The lowest BCUT2D eigenvalue weighted by atomic mass is 10.1. The topological polar surface area (TPSA) is 115 Å². The highest BCUT2D eigenvalue weighted by Crippen LogP contribution is 2.28. The number of furan rings is 1. The van der Waals surface area contributed by atoms with E-state index in [0.29, 0.717) is 22.6 Å². The number of hydrazone groups is 1. The summed E-state index contributed by atoms with van der Waals surface area (Å²) in [6.07, 6.45) is 1.25. The minimum absolute atomic E-state index is 0.0000967. The highest BCUT2D eigenvalue weighted by molar-refractivity contribution is 7.89. The third-order valence-corrected chi connectivity index (χ3v) is 5.25. The summed E-state index contributed by atoms with van der Waals surface area (Å²) in [6.45, 7) is 3.61. The number of rotatable bonds is 6. The third-order valence-electron chi connectivity index (χ3n) is 4.01. The van der Waals surface area contributed by atoms with Gasteiger partial charge in [-0.25, -0.2) is 0 Å². The van der Waals surface area contributed by atoms with Crippen LogP contribution in [0.2, 0.25) is 0 Å². The van der Waals surface area contributed by atoms with Gasteiger partial charge in [0.1, 0.15) is 11.5 Å². The number of nitrogens with one attached hydrogen (secondary N) is 1. The smallest absolute Gasteiger partial charge is 0.276 e. The van der Waals surface area contributed by atoms with Gasteiger partial charge in [-0.15, -0.1) is 0 Å². The first kappa shape index (κ1) is 19.3. The van der Waals surface area contributed by atoms with Crippen LogP contribution in [-0.4, -0.2) is 19.6 Å². The van der Waals surface area contributed by atoms with Gasteiger partial charge in [-0.2, -0.15) is 18.4 Å². The van der Waals surface area contributed by atoms with Crippen LogP contribution in [0.5, 0.6) is 0 Å². The van der Waals surface area contributed by atoms with Crippen molar-refractivity contribution < 1.29 is 17.8 Å². The first-order valence-corrected chi connectivity index (χ1v) is 9.71. The molecular formula is C19H17N3O5S. The molecule has 0 amide bonds. The Labute approximate surface area is 161 Å². The Hall–Kier alpha value is -3.46. The number of aryl methyl sites for hydroxylation is 2. The molecule has 0 aliphatic rings. The summed E-state index contributed by atoms with van der Waals surface area (Å²) in [4.78, 5) is 12.6. The summed E-state index contributed by atoms with van der Waals surface area (Å²) in [5.41, 5.74) is 2.34. The van der Waals surface area contributed by atoms with E-state index in [4.69, 9.17) is 4.42 Å². The zero-order valence-corrected chi connectivity index (χ0v) is 15.9. The predicted octanol–water partition coefficient (Wildman–Crippen LogP) is 3.78. The molecular weight excluding hydrogens is 382 g/mol. The van der Waals surface area contributed by atoms with E-state index in [1.54, 1.807) is 37.3 Å². The quantitative estimate of drug-likeness (QED) is 0.385. The van der Waals surface area contributed by atoms with Crippen molar-refractivity contribution in [3.05, 3.63) is 81.6 Å². The molecule has 1 aromatic heterocycles. The molecule has 0 bridgehead atoms. The van der Waals surface area contributed by atoms with E-state index < -0.39 is 14.9 Å². The Balaban J connectivity index is 1.74. The minimum atomic E-state index is -3.77. The number of nitro groups is 1. The summed E-state index contributed by atoms with van der Waals surface area (Å²) < 4.78 is 30.0. The Morgan fingerprint density at radius 3 is 2.43 bits per heavy atom. The molecule has 28 heavy (non-hydrogen) atoms. The van der Waals surface area contributed by atoms with Crippen LogP contribution in [0.4, 0.5) is 5.69 Å². The van der Waals surface area contributed by atoms with Crippen molar-refractivity contribution in [2.75, 3.05) is 0 Å². The number of hydrogen-bond acceptors (Lipinski definition) is 6. The predicted molar refractivity (Wildman–Crippen MR) is 105 cm³/mol. The average molecular weight is 399 g/mol. The number of benzene rings is 2. The number of sulfonamides is 1. The van der Waals surface area contributed by atoms with E-state index >= 15 is 0 Å². The van der Waals surface area contributed by atoms with Crippen LogP contribution in [0.15, 0.2) is 69.0 Å². The third kappa shape index (κ3) is 4.26. The van der Waals surface area contributed by atoms with E-state index in [1.807, 2.05) is 6.92 Å². The molecule has 0 aliphatic carbocycles. The maximum atomic E-state index is 12.2. The minimum Gasteiger partial charge on any atom is -0.455 e. The van der Waals surface area contributed by atoms with Crippen molar-refractivity contribution in [1.82, 2.24) is 4.83 Å². The van der Waals surface area contributed by atoms with Crippen LogP contribution in [0, 0.1) is 24.0 Å². The van der Waals surface area contributed by atoms with Gasteiger partial charge in [-0.3, -0.25) is 10.1 Å². The van der Waals surface area contributed by atoms with Crippen molar-refractivity contribution in [2.24, 2.45) is 5.10 Å². The van der Waals surface area contributed by atoms with E-state index in [9.17, 15) is 18.5 Å². The van der Waals surface area contributed by atoms with Gasteiger partial charge in [0.2, 0.25) is 0 Å². The van der Waals surface area contributed by atoms with Gasteiger partial charge in [0.25, 0.3) is 15.7 Å². The maximum Gasteiger partial charge on any atom is 0.276 e. The molecule has 1 N–H and O–H groups in total. The average Bonchev–Trinajstić information content (AvgIpc) is 3.10. The summed E-state index contributed by atoms with van der Waals surface area (Å²) in [6, 6.07) is 14.2. The molecule has 0 saturated carbocycles. The lowest BCUT2D eigenvalue weighted by Crippen LogP contribution is -2.18. The van der Waals surface area contributed by atoms with Crippen molar-refractivity contribution in [3.8, 4) is 11.3 Å². The number of hydrogen-bond donors (Lipinski definition) is 1. The maximum absolute atomic E-state index is 12.2. The SMILES string of the molecule is Cc1ccc(S(=O)(=O)N/N=C/c2ccc(-c3ccc([N+](=O)[O-])cc3C)o2)cc1. The lowest BCUT2D eigenvalue weighted by Gasteiger charge is -2.03. The second-order valence-electron chi connectivity index (χ2n) is 6.12. The molecule has 0 radical (unpaired) electrons. The molecule has 3 aromatic rings. The van der Waals surface area contributed by atoms with Crippen LogP contribution in [0.1, 0.15) is 16.9 Å². The first-order chi connectivity index (χ1) is 13.3. The molecule has 0 saturated heterocycles. The molecule has 1 heterocycles. The molecule has 0 unspecified atom stereocenters. The Morgan fingerprint density at radius 2 is 1.79 bits per heavy atom. The largest absolute Gasteiger partial charge is 0.455 e. The summed E-state index contributed by atoms with van der Waals surface area (Å²) in [7, 11) is -3.77. The molecule has 0 atom stereocenters. The second kappa shape index (κ2) is 7.65. The standard InChI is InChI=1S/C19H17N3O5S/c1-13-3-7-17(8-4-13)28(25,26)21-20-12-16-6-10-19(27-16)18-9-5-15(22(23)24)11-14(18)2/h3-12,21H,1-2H3/b20-12+. The lowest BCUT2D eigenvalue weighted by molar-refractivity contribution is -0.384. The zero-order chi connectivity index (χ0) is 20.3. The summed E-state index contributed by atoms with van der Waals surface area (Å²) >= 11 is 0. The van der Waals surface area contributed by atoms with E-state index in [-0.39, 0.29) is 10.6 Å². The first-order valence-electron chi connectivity index (χ1n) is 8.23. The fourth-order valence-electron chi connectivity index (χ4n) is 2.53. The van der Waals surface area contributed by atoms with Crippen LogP contribution in [0.25, 0.3) is 11.3 Å². The Bertz CT molecular complexity index is 1150. The van der Waals surface area contributed by atoms with Crippen molar-refractivity contribution >= 4 is 21.9 Å². The van der Waals surface area contributed by atoms with Gasteiger partial charge < -0.3 is 4.42 Å². The van der Waals surface area contributed by atoms with Gasteiger partial charge in [-0.1, -0.05) is 17.7 Å². The molecule has 3 rings (SSSR count). The van der Waals surface area contributed by atoms with Crippen molar-refractivity contribution in [2.45, 2.75) is 18.7 Å². The molecule has 0 aliphatic heterocycles. The molecule has 0 spiro atoms. The van der Waals surface area contributed by atoms with Gasteiger partial charge >= 0.3 is 0 Å². The van der Waals surface area contributed by atoms with Gasteiger partial charge in [0, 0.05) is 17.7 Å². The molecule has 0 fully saturated rings. The molecule has 144 valence electrons. The van der Waals surface area contributed by atoms with E-state index in [1.165, 1.54) is 30.5 Å². The monoisotopic (exact) mass is 399 g/mol. The fourth-order valence-corrected chi connectivity index (χ4v) is 3.33. The van der Waals surface area contributed by atoms with E-state index in [2.05, 4.69) is 9.93 Å². The van der Waals surface area contributed by atoms with Crippen LogP contribution < -0.4 is 4.83 Å². The fraction of sp³-hybridized carbons (Fsp3) is 0.105. The van der Waals surface area contributed by atoms with Crippen LogP contribution in [0.3, 0.4) is 0 Å². The van der Waals surface area contributed by atoms with Gasteiger partial charge in [0.05, 0.1) is 16.0 Å². The number of nitrogens with zero attached hydrogens (tertiary/aromatic N) is 2. The summed E-state index contributed by atoms with van der Waals surface area (Å²) in [5, 5.41) is 14.6. The molecule has 2 aromatic carbocycles. The normalized spacial score (nSPS) is 11.6. The second-order valence-corrected chi connectivity index (χ2v) is 7.79. The zero-order valence-electron chi connectivity index (χ0n) is 15.1. The van der Waals surface area contributed by atoms with Crippen molar-refractivity contribution in [1.29, 1.82) is 0 Å².